The topological polar surface area (TPSA) is 65.7 Å². The number of benzene rings is 1. The third-order valence-electron chi connectivity index (χ3n) is 7.08. The van der Waals surface area contributed by atoms with Gasteiger partial charge in [0, 0.05) is 18.8 Å². The van der Waals surface area contributed by atoms with Crippen LogP contribution in [0.1, 0.15) is 100 Å². The lowest BCUT2D eigenvalue weighted by atomic mass is 9.76. The molecule has 1 fully saturated rings. The number of hydrogen-bond donors (Lipinski definition) is 1. The highest BCUT2D eigenvalue weighted by Crippen LogP contribution is 2.35. The number of rotatable bonds is 12. The van der Waals surface area contributed by atoms with E-state index in [1.54, 1.807) is 6.07 Å². The van der Waals surface area contributed by atoms with E-state index < -0.39 is 11.1 Å². The van der Waals surface area contributed by atoms with E-state index in [2.05, 4.69) is 65.4 Å². The fraction of sp³-hybridized carbons (Fsp3) is 0.793. The Bertz CT molecular complexity index is 822. The van der Waals surface area contributed by atoms with Crippen LogP contribution in [-0.4, -0.2) is 23.9 Å². The molecule has 1 aromatic carbocycles. The largest absolute Gasteiger partial charge is 0.372 e. The fourth-order valence-corrected chi connectivity index (χ4v) is 6.53. The lowest BCUT2D eigenvalue weighted by Crippen LogP contribution is -2.29. The van der Waals surface area contributed by atoms with E-state index in [-0.39, 0.29) is 5.41 Å². The van der Waals surface area contributed by atoms with Crippen molar-refractivity contribution >= 4 is 22.5 Å². The normalized spacial score (nSPS) is 18.7. The summed E-state index contributed by atoms with van der Waals surface area (Å²) in [5, 5.41) is 3.64. The van der Waals surface area contributed by atoms with Crippen molar-refractivity contribution in [1.82, 2.24) is 0 Å². The van der Waals surface area contributed by atoms with Crippen molar-refractivity contribution in [2.75, 3.05) is 24.6 Å². The van der Waals surface area contributed by atoms with Crippen LogP contribution in [0.4, 0.5) is 11.4 Å². The quantitative estimate of drug-likeness (QED) is 0.315. The molecule has 4 unspecified atom stereocenters. The van der Waals surface area contributed by atoms with Crippen LogP contribution in [-0.2, 0) is 15.3 Å². The van der Waals surface area contributed by atoms with Gasteiger partial charge in [-0.1, -0.05) is 61.8 Å². The smallest absolute Gasteiger partial charge is 0.191 e. The van der Waals surface area contributed by atoms with Gasteiger partial charge in [-0.2, -0.15) is 0 Å². The summed E-state index contributed by atoms with van der Waals surface area (Å²) < 4.78 is 19.4. The molecule has 1 heterocycles. The molecule has 1 N–H and O–H groups in total. The zero-order valence-corrected chi connectivity index (χ0v) is 24.5. The molecule has 1 saturated heterocycles. The maximum Gasteiger partial charge on any atom is 0.191 e. The van der Waals surface area contributed by atoms with E-state index in [4.69, 9.17) is 9.71 Å². The van der Waals surface area contributed by atoms with Crippen LogP contribution in [0, 0.1) is 28.6 Å². The highest BCUT2D eigenvalue weighted by molar-refractivity contribution is 7.80. The van der Waals surface area contributed by atoms with Crippen molar-refractivity contribution in [1.29, 1.82) is 0 Å². The Morgan fingerprint density at radius 1 is 1.00 bits per heavy atom. The standard InChI is InChI=1S/C29H51N3O2S/c1-22(19-28(3,4)5)12-13-24(23(2)20-29(6,7)8)21-34-35(33)27-18-25(14-15-26(27)31-30)32-16-10-9-11-17-32/h14-15,18,22-24,30H,9-13,16-17,19-21H2,1-8H3/q+1. The predicted octanol–water partition coefficient (Wildman–Crippen LogP) is 6.89. The maximum atomic E-state index is 13.3. The van der Waals surface area contributed by atoms with Crippen molar-refractivity contribution in [3.8, 4) is 0 Å². The molecule has 199 valence electrons. The van der Waals surface area contributed by atoms with Gasteiger partial charge in [0.2, 0.25) is 0 Å². The molecule has 0 aromatic heterocycles. The van der Waals surface area contributed by atoms with Crippen LogP contribution >= 0.6 is 0 Å². The van der Waals surface area contributed by atoms with Gasteiger partial charge in [-0.25, -0.2) is 4.21 Å². The minimum absolute atomic E-state index is 0.244. The van der Waals surface area contributed by atoms with E-state index in [0.29, 0.717) is 40.4 Å². The lowest BCUT2D eigenvalue weighted by Gasteiger charge is -2.31. The van der Waals surface area contributed by atoms with Gasteiger partial charge >= 0.3 is 0 Å². The fourth-order valence-electron chi connectivity index (χ4n) is 5.60. The Labute approximate surface area is 218 Å². The molecule has 0 aliphatic carbocycles. The maximum absolute atomic E-state index is 13.3. The van der Waals surface area contributed by atoms with E-state index in [9.17, 15) is 4.21 Å². The van der Waals surface area contributed by atoms with Gasteiger partial charge in [0.15, 0.2) is 16.8 Å². The van der Waals surface area contributed by atoms with Gasteiger partial charge in [0.25, 0.3) is 0 Å². The minimum Gasteiger partial charge on any atom is -0.372 e. The zero-order valence-electron chi connectivity index (χ0n) is 23.7. The summed E-state index contributed by atoms with van der Waals surface area (Å²) in [7, 11) is 0. The van der Waals surface area contributed by atoms with E-state index in [1.807, 2.05) is 12.1 Å². The molecule has 0 amide bonds. The third kappa shape index (κ3) is 10.7. The molecule has 0 saturated carbocycles. The van der Waals surface area contributed by atoms with Gasteiger partial charge in [0.1, 0.15) is 10.4 Å². The van der Waals surface area contributed by atoms with Gasteiger partial charge in [-0.3, -0.25) is 4.18 Å². The molecule has 1 radical (unpaired) electrons. The summed E-state index contributed by atoms with van der Waals surface area (Å²) in [5.41, 5.74) is 9.65. The third-order valence-corrected chi connectivity index (χ3v) is 8.12. The first-order valence-corrected chi connectivity index (χ1v) is 14.7. The molecule has 4 atom stereocenters. The molecule has 6 heteroatoms. The molecule has 1 aliphatic rings. The molecular weight excluding hydrogens is 454 g/mol. The summed E-state index contributed by atoms with van der Waals surface area (Å²) >= 11 is -1.64. The second-order valence-corrected chi connectivity index (χ2v) is 14.4. The van der Waals surface area contributed by atoms with E-state index in [0.717, 1.165) is 38.0 Å². The second-order valence-electron chi connectivity index (χ2n) is 13.3. The van der Waals surface area contributed by atoms with Crippen molar-refractivity contribution in [2.45, 2.75) is 105 Å². The van der Waals surface area contributed by atoms with Gasteiger partial charge in [-0.15, -0.1) is 0 Å². The first-order chi connectivity index (χ1) is 16.3. The van der Waals surface area contributed by atoms with Gasteiger partial charge in [-0.05, 0) is 85.3 Å². The Hall–Kier alpha value is -1.27. The van der Waals surface area contributed by atoms with Crippen LogP contribution in [0.15, 0.2) is 28.2 Å². The van der Waals surface area contributed by atoms with Crippen LogP contribution in [0.2, 0.25) is 0 Å². The Morgan fingerprint density at radius 3 is 2.20 bits per heavy atom. The summed E-state index contributed by atoms with van der Waals surface area (Å²) in [6, 6.07) is 5.72. The first kappa shape index (κ1) is 30.0. The number of hydrogen-bond acceptors (Lipinski definition) is 5. The first-order valence-electron chi connectivity index (χ1n) is 13.6. The van der Waals surface area contributed by atoms with Crippen molar-refractivity contribution in [3.63, 3.8) is 0 Å². The van der Waals surface area contributed by atoms with Gasteiger partial charge < -0.3 is 4.90 Å². The molecule has 5 nitrogen and oxygen atoms in total. The summed E-state index contributed by atoms with van der Waals surface area (Å²) in [5.74, 6) is 1.48. The summed E-state index contributed by atoms with van der Waals surface area (Å²) in [4.78, 5) is 2.86. The second kappa shape index (κ2) is 13.3. The SMILES string of the molecule is CC(CCC(COS(=O)c1cc(N2CCCCC2)ccc1N=[NH+])C(C)CC(C)(C)C)CC(C)(C)C. The molecule has 1 aromatic rings. The molecule has 1 aliphatic heterocycles. The Balaban J connectivity index is 2.11. The summed E-state index contributed by atoms with van der Waals surface area (Å²) in [6.07, 6.45) is 8.18. The highest BCUT2D eigenvalue weighted by Gasteiger charge is 2.26. The lowest BCUT2D eigenvalue weighted by molar-refractivity contribution is -0.210. The monoisotopic (exact) mass is 505 g/mol. The molecule has 35 heavy (non-hydrogen) atoms. The number of anilines is 1. The van der Waals surface area contributed by atoms with Crippen LogP contribution in [0.3, 0.4) is 0 Å². The minimum atomic E-state index is -1.64. The van der Waals surface area contributed by atoms with Crippen molar-refractivity contribution in [3.05, 3.63) is 18.2 Å². The van der Waals surface area contributed by atoms with E-state index >= 15 is 0 Å². The average Bonchev–Trinajstić information content (AvgIpc) is 2.76. The molecular formula is C29H51N3O2S+. The number of piperidine rings is 1. The molecule has 0 spiro atoms. The van der Waals surface area contributed by atoms with Crippen LogP contribution in [0.25, 0.3) is 0 Å². The van der Waals surface area contributed by atoms with Crippen molar-refractivity contribution < 1.29 is 13.9 Å². The van der Waals surface area contributed by atoms with Crippen molar-refractivity contribution in [2.24, 2.45) is 33.7 Å². The molecule has 2 rings (SSSR count). The molecule has 0 bridgehead atoms. The van der Waals surface area contributed by atoms with E-state index in [1.165, 1.54) is 25.7 Å². The number of nitrogens with zero attached hydrogens (tertiary/aromatic N) is 2. The van der Waals surface area contributed by atoms with Crippen LogP contribution in [0.5, 0.6) is 0 Å². The highest BCUT2D eigenvalue weighted by atomic mass is 32.2. The zero-order chi connectivity index (χ0) is 26.2. The van der Waals surface area contributed by atoms with Gasteiger partial charge in [0.05, 0.1) is 11.7 Å². The average molecular weight is 506 g/mol. The summed E-state index contributed by atoms with van der Waals surface area (Å²) in [6.45, 7) is 21.0. The van der Waals surface area contributed by atoms with Crippen LogP contribution < -0.4 is 10.4 Å². The Morgan fingerprint density at radius 2 is 1.63 bits per heavy atom. The number of nitrogens with one attached hydrogen (secondary N) is 1. The predicted molar refractivity (Wildman–Crippen MR) is 147 cm³/mol. The Kier molecular flexibility index (Phi) is 11.4.